The topological polar surface area (TPSA) is 68.8 Å². The van der Waals surface area contributed by atoms with Gasteiger partial charge in [-0.2, -0.15) is 0 Å². The van der Waals surface area contributed by atoms with Crippen LogP contribution < -0.4 is 5.56 Å². The van der Waals surface area contributed by atoms with Gasteiger partial charge in [0, 0.05) is 20.1 Å². The largest absolute Gasteiger partial charge is 0.295 e. The Balaban J connectivity index is 1.57. The third kappa shape index (κ3) is 3.06. The SMILES string of the molecule is Cn1nncc1CN1CCCC1c1nc2ccccc2c(=O)n1CC1CC1. The number of para-hydroxylation sites is 1. The van der Waals surface area contributed by atoms with Crippen LogP contribution >= 0.6 is 0 Å². The number of aryl methyl sites for hydroxylation is 1. The summed E-state index contributed by atoms with van der Waals surface area (Å²) >= 11 is 0. The zero-order valence-corrected chi connectivity index (χ0v) is 15.6. The molecule has 1 aliphatic carbocycles. The minimum absolute atomic E-state index is 0.108. The maximum absolute atomic E-state index is 13.2. The van der Waals surface area contributed by atoms with Gasteiger partial charge in [-0.1, -0.05) is 17.3 Å². The first-order chi connectivity index (χ1) is 13.2. The van der Waals surface area contributed by atoms with Gasteiger partial charge in [-0.3, -0.25) is 18.9 Å². The molecule has 7 nitrogen and oxygen atoms in total. The van der Waals surface area contributed by atoms with Gasteiger partial charge in [-0.05, 0) is 50.3 Å². The van der Waals surface area contributed by atoms with E-state index in [1.807, 2.05) is 46.8 Å². The minimum atomic E-state index is 0.108. The monoisotopic (exact) mass is 364 g/mol. The smallest absolute Gasteiger partial charge is 0.261 e. The molecule has 3 aromatic rings. The van der Waals surface area contributed by atoms with E-state index < -0.39 is 0 Å². The van der Waals surface area contributed by atoms with Crippen molar-refractivity contribution in [1.82, 2.24) is 29.4 Å². The molecule has 5 rings (SSSR count). The lowest BCUT2D eigenvalue weighted by Crippen LogP contribution is -2.33. The van der Waals surface area contributed by atoms with Crippen LogP contribution in [0.4, 0.5) is 0 Å². The molecule has 1 unspecified atom stereocenters. The van der Waals surface area contributed by atoms with Gasteiger partial charge in [-0.15, -0.1) is 5.10 Å². The Bertz CT molecular complexity index is 1030. The van der Waals surface area contributed by atoms with Crippen LogP contribution in [0.2, 0.25) is 0 Å². The fourth-order valence-electron chi connectivity index (χ4n) is 4.14. The van der Waals surface area contributed by atoms with Gasteiger partial charge in [0.25, 0.3) is 5.56 Å². The summed E-state index contributed by atoms with van der Waals surface area (Å²) in [5, 5.41) is 8.77. The van der Waals surface area contributed by atoms with Gasteiger partial charge >= 0.3 is 0 Å². The Morgan fingerprint density at radius 3 is 2.81 bits per heavy atom. The summed E-state index contributed by atoms with van der Waals surface area (Å²) in [5.74, 6) is 1.55. The van der Waals surface area contributed by atoms with E-state index in [0.29, 0.717) is 5.92 Å². The van der Waals surface area contributed by atoms with E-state index in [1.165, 1.54) is 12.8 Å². The maximum Gasteiger partial charge on any atom is 0.261 e. The molecule has 2 aromatic heterocycles. The second kappa shape index (κ2) is 6.56. The van der Waals surface area contributed by atoms with E-state index in [2.05, 4.69) is 15.2 Å². The fraction of sp³-hybridized carbons (Fsp3) is 0.500. The van der Waals surface area contributed by atoms with Crippen LogP contribution in [-0.4, -0.2) is 36.0 Å². The number of benzene rings is 1. The zero-order valence-electron chi connectivity index (χ0n) is 15.6. The Labute approximate surface area is 157 Å². The Morgan fingerprint density at radius 1 is 1.19 bits per heavy atom. The van der Waals surface area contributed by atoms with Crippen LogP contribution in [0.3, 0.4) is 0 Å². The highest BCUT2D eigenvalue weighted by Gasteiger charge is 2.32. The third-order valence-corrected chi connectivity index (χ3v) is 5.86. The lowest BCUT2D eigenvalue weighted by atomic mass is 10.1. The molecule has 27 heavy (non-hydrogen) atoms. The summed E-state index contributed by atoms with van der Waals surface area (Å²) < 4.78 is 3.78. The summed E-state index contributed by atoms with van der Waals surface area (Å²) in [5.41, 5.74) is 1.99. The van der Waals surface area contributed by atoms with E-state index in [-0.39, 0.29) is 11.6 Å². The molecule has 1 saturated carbocycles. The average Bonchev–Trinajstić information content (AvgIpc) is 3.23. The van der Waals surface area contributed by atoms with Crippen molar-refractivity contribution in [2.24, 2.45) is 13.0 Å². The Hall–Kier alpha value is -2.54. The molecule has 7 heteroatoms. The summed E-state index contributed by atoms with van der Waals surface area (Å²) in [6.07, 6.45) is 6.39. The summed E-state index contributed by atoms with van der Waals surface area (Å²) in [6.45, 7) is 2.58. The van der Waals surface area contributed by atoms with Crippen molar-refractivity contribution in [3.63, 3.8) is 0 Å². The van der Waals surface area contributed by atoms with E-state index in [1.54, 1.807) is 0 Å². The molecule has 1 aromatic carbocycles. The highest BCUT2D eigenvalue weighted by Crippen LogP contribution is 2.35. The molecule has 0 bridgehead atoms. The molecule has 0 amide bonds. The lowest BCUT2D eigenvalue weighted by Gasteiger charge is -2.26. The second-order valence-corrected chi connectivity index (χ2v) is 7.82. The number of rotatable bonds is 5. The van der Waals surface area contributed by atoms with Crippen LogP contribution in [0, 0.1) is 5.92 Å². The minimum Gasteiger partial charge on any atom is -0.295 e. The van der Waals surface area contributed by atoms with Crippen molar-refractivity contribution in [3.05, 3.63) is 52.3 Å². The molecular weight excluding hydrogens is 340 g/mol. The van der Waals surface area contributed by atoms with Crippen LogP contribution in [0.25, 0.3) is 10.9 Å². The number of likely N-dealkylation sites (tertiary alicyclic amines) is 1. The summed E-state index contributed by atoms with van der Waals surface area (Å²) in [7, 11) is 1.92. The molecular formula is C20H24N6O. The van der Waals surface area contributed by atoms with Crippen molar-refractivity contribution in [2.75, 3.05) is 6.54 Å². The first-order valence-electron chi connectivity index (χ1n) is 9.78. The average molecular weight is 364 g/mol. The first-order valence-corrected chi connectivity index (χ1v) is 9.78. The van der Waals surface area contributed by atoms with E-state index in [4.69, 9.17) is 4.98 Å². The van der Waals surface area contributed by atoms with Crippen molar-refractivity contribution >= 4 is 10.9 Å². The van der Waals surface area contributed by atoms with Crippen LogP contribution in [0.15, 0.2) is 35.3 Å². The quantitative estimate of drug-likeness (QED) is 0.695. The van der Waals surface area contributed by atoms with Gasteiger partial charge in [0.05, 0.1) is 28.8 Å². The van der Waals surface area contributed by atoms with E-state index in [0.717, 1.165) is 54.9 Å². The van der Waals surface area contributed by atoms with Crippen LogP contribution in [0.1, 0.15) is 43.2 Å². The second-order valence-electron chi connectivity index (χ2n) is 7.82. The summed E-state index contributed by atoms with van der Waals surface area (Å²) in [6, 6.07) is 7.88. The van der Waals surface area contributed by atoms with E-state index in [9.17, 15) is 4.79 Å². The molecule has 1 saturated heterocycles. The summed E-state index contributed by atoms with van der Waals surface area (Å²) in [4.78, 5) is 20.6. The van der Waals surface area contributed by atoms with Crippen molar-refractivity contribution in [3.8, 4) is 0 Å². The highest BCUT2D eigenvalue weighted by atomic mass is 16.1. The zero-order chi connectivity index (χ0) is 18.4. The number of aromatic nitrogens is 5. The predicted octanol–water partition coefficient (Wildman–Crippen LogP) is 2.27. The molecule has 2 fully saturated rings. The Morgan fingerprint density at radius 2 is 2.04 bits per heavy atom. The number of nitrogens with zero attached hydrogens (tertiary/aromatic N) is 6. The number of hydrogen-bond donors (Lipinski definition) is 0. The highest BCUT2D eigenvalue weighted by molar-refractivity contribution is 5.77. The molecule has 2 aliphatic rings. The van der Waals surface area contributed by atoms with Gasteiger partial charge in [-0.25, -0.2) is 4.98 Å². The molecule has 3 heterocycles. The van der Waals surface area contributed by atoms with Gasteiger partial charge in [0.2, 0.25) is 0 Å². The van der Waals surface area contributed by atoms with Crippen molar-refractivity contribution in [2.45, 2.75) is 44.8 Å². The molecule has 1 atom stereocenters. The van der Waals surface area contributed by atoms with Crippen molar-refractivity contribution < 1.29 is 0 Å². The van der Waals surface area contributed by atoms with Crippen LogP contribution in [-0.2, 0) is 20.1 Å². The van der Waals surface area contributed by atoms with E-state index >= 15 is 0 Å². The lowest BCUT2D eigenvalue weighted by molar-refractivity contribution is 0.226. The van der Waals surface area contributed by atoms with Crippen LogP contribution in [0.5, 0.6) is 0 Å². The molecule has 0 radical (unpaired) electrons. The predicted molar refractivity (Wildman–Crippen MR) is 102 cm³/mol. The molecule has 1 aliphatic heterocycles. The van der Waals surface area contributed by atoms with Crippen molar-refractivity contribution in [1.29, 1.82) is 0 Å². The molecule has 140 valence electrons. The first kappa shape index (κ1) is 16.6. The third-order valence-electron chi connectivity index (χ3n) is 5.86. The van der Waals surface area contributed by atoms with Gasteiger partial charge < -0.3 is 0 Å². The fourth-order valence-corrected chi connectivity index (χ4v) is 4.14. The standard InChI is InChI=1S/C20H24N6O/c1-24-15(11-21-23-24)13-25-10-4-7-18(25)19-22-17-6-3-2-5-16(17)20(27)26(19)12-14-8-9-14/h2-3,5-6,11,14,18H,4,7-10,12-13H2,1H3. The number of fused-ring (bicyclic) bond motifs is 1. The molecule has 0 N–H and O–H groups in total. The number of hydrogen-bond acceptors (Lipinski definition) is 5. The Kier molecular flexibility index (Phi) is 4.04. The maximum atomic E-state index is 13.2. The van der Waals surface area contributed by atoms with Gasteiger partial charge in [0.15, 0.2) is 0 Å². The molecule has 0 spiro atoms. The normalized spacial score (nSPS) is 20.6. The van der Waals surface area contributed by atoms with Gasteiger partial charge in [0.1, 0.15) is 5.82 Å².